The van der Waals surface area contributed by atoms with E-state index in [-0.39, 0.29) is 5.82 Å². The standard InChI is InChI=1S/C12H11N3O2S/c1-9-10(2)15(12(8-13)14-9)18(16)17-11-6-4-3-5-7-11/h3-7H,1-2H3. The lowest BCUT2D eigenvalue weighted by atomic mass is 10.3. The number of nitrogens with zero attached hydrogens (tertiary/aromatic N) is 3. The van der Waals surface area contributed by atoms with Crippen molar-refractivity contribution in [1.82, 2.24) is 8.96 Å². The van der Waals surface area contributed by atoms with Crippen LogP contribution in [0, 0.1) is 25.2 Å². The first-order valence-electron chi connectivity index (χ1n) is 5.25. The molecule has 2 aromatic rings. The fourth-order valence-electron chi connectivity index (χ4n) is 1.44. The normalized spacial score (nSPS) is 11.8. The van der Waals surface area contributed by atoms with E-state index in [1.165, 1.54) is 3.97 Å². The summed E-state index contributed by atoms with van der Waals surface area (Å²) < 4.78 is 18.6. The van der Waals surface area contributed by atoms with Gasteiger partial charge in [0, 0.05) is 0 Å². The molecule has 0 aliphatic carbocycles. The number of benzene rings is 1. The van der Waals surface area contributed by atoms with Crippen LogP contribution in [0.15, 0.2) is 30.3 Å². The van der Waals surface area contributed by atoms with Gasteiger partial charge in [0.2, 0.25) is 5.82 Å². The molecule has 1 aromatic heterocycles. The van der Waals surface area contributed by atoms with Crippen LogP contribution in [0.25, 0.3) is 0 Å². The molecule has 0 saturated carbocycles. The van der Waals surface area contributed by atoms with Crippen molar-refractivity contribution in [3.8, 4) is 11.8 Å². The molecule has 92 valence electrons. The maximum Gasteiger partial charge on any atom is 0.325 e. The van der Waals surface area contributed by atoms with Crippen LogP contribution in [0.5, 0.6) is 5.75 Å². The van der Waals surface area contributed by atoms with Crippen LogP contribution in [0.1, 0.15) is 17.2 Å². The van der Waals surface area contributed by atoms with Crippen LogP contribution < -0.4 is 4.18 Å². The first-order chi connectivity index (χ1) is 8.63. The number of para-hydroxylation sites is 1. The van der Waals surface area contributed by atoms with E-state index in [0.717, 1.165) is 0 Å². The van der Waals surface area contributed by atoms with Gasteiger partial charge >= 0.3 is 11.3 Å². The monoisotopic (exact) mass is 261 g/mol. The zero-order chi connectivity index (χ0) is 13.1. The molecular formula is C12H11N3O2S. The first-order valence-corrected chi connectivity index (χ1v) is 6.28. The van der Waals surface area contributed by atoms with Crippen LogP contribution in [-0.2, 0) is 11.3 Å². The van der Waals surface area contributed by atoms with Gasteiger partial charge < -0.3 is 4.18 Å². The largest absolute Gasteiger partial charge is 0.385 e. The van der Waals surface area contributed by atoms with E-state index >= 15 is 0 Å². The molecule has 0 aliphatic heterocycles. The fraction of sp³-hybridized carbons (Fsp3) is 0.167. The number of hydrogen-bond donors (Lipinski definition) is 0. The summed E-state index contributed by atoms with van der Waals surface area (Å²) in [6.07, 6.45) is 0. The van der Waals surface area contributed by atoms with E-state index in [9.17, 15) is 4.21 Å². The molecule has 18 heavy (non-hydrogen) atoms. The number of aromatic nitrogens is 2. The average molecular weight is 261 g/mol. The molecule has 0 bridgehead atoms. The zero-order valence-corrected chi connectivity index (χ0v) is 10.8. The Hall–Kier alpha value is -2.13. The predicted molar refractivity (Wildman–Crippen MR) is 67.0 cm³/mol. The molecule has 1 heterocycles. The third-order valence-electron chi connectivity index (χ3n) is 2.45. The topological polar surface area (TPSA) is 67.9 Å². The Morgan fingerprint density at radius 3 is 2.61 bits per heavy atom. The van der Waals surface area contributed by atoms with Crippen LogP contribution >= 0.6 is 0 Å². The van der Waals surface area contributed by atoms with Gasteiger partial charge in [-0.1, -0.05) is 18.2 Å². The van der Waals surface area contributed by atoms with E-state index in [1.54, 1.807) is 38.1 Å². The summed E-state index contributed by atoms with van der Waals surface area (Å²) in [5.41, 5.74) is 1.32. The lowest BCUT2D eigenvalue weighted by Gasteiger charge is -2.07. The molecule has 1 aromatic carbocycles. The van der Waals surface area contributed by atoms with Crippen molar-refractivity contribution in [2.24, 2.45) is 0 Å². The lowest BCUT2D eigenvalue weighted by molar-refractivity contribution is 0.551. The minimum Gasteiger partial charge on any atom is -0.385 e. The highest BCUT2D eigenvalue weighted by molar-refractivity contribution is 7.79. The number of aryl methyl sites for hydroxylation is 1. The number of nitriles is 1. The molecule has 0 radical (unpaired) electrons. The van der Waals surface area contributed by atoms with Crippen molar-refractivity contribution in [3.05, 3.63) is 47.5 Å². The smallest absolute Gasteiger partial charge is 0.325 e. The van der Waals surface area contributed by atoms with Gasteiger partial charge in [0.05, 0.1) is 11.4 Å². The van der Waals surface area contributed by atoms with Crippen molar-refractivity contribution in [2.45, 2.75) is 13.8 Å². The summed E-state index contributed by atoms with van der Waals surface area (Å²) in [6.45, 7) is 3.50. The van der Waals surface area contributed by atoms with E-state index in [2.05, 4.69) is 4.98 Å². The summed E-state index contributed by atoms with van der Waals surface area (Å²) in [7, 11) is 0. The van der Waals surface area contributed by atoms with Crippen LogP contribution in [0.2, 0.25) is 0 Å². The van der Waals surface area contributed by atoms with E-state index < -0.39 is 11.3 Å². The molecule has 0 spiro atoms. The Bertz CT molecular complexity index is 629. The highest BCUT2D eigenvalue weighted by Gasteiger charge is 2.17. The second-order valence-corrected chi connectivity index (χ2v) is 4.59. The minimum atomic E-state index is -1.80. The highest BCUT2D eigenvalue weighted by Crippen LogP contribution is 2.15. The molecule has 0 N–H and O–H groups in total. The fourth-order valence-corrected chi connectivity index (χ4v) is 2.37. The summed E-state index contributed by atoms with van der Waals surface area (Å²) in [6, 6.07) is 10.7. The van der Waals surface area contributed by atoms with Gasteiger partial charge in [-0.05, 0) is 26.0 Å². The Kier molecular flexibility index (Phi) is 3.44. The number of imidazole rings is 1. The van der Waals surface area contributed by atoms with Crippen molar-refractivity contribution < 1.29 is 8.39 Å². The van der Waals surface area contributed by atoms with Crippen molar-refractivity contribution in [2.75, 3.05) is 0 Å². The highest BCUT2D eigenvalue weighted by atomic mass is 32.2. The second kappa shape index (κ2) is 5.02. The van der Waals surface area contributed by atoms with Gasteiger partial charge in [0.25, 0.3) is 0 Å². The van der Waals surface area contributed by atoms with E-state index in [0.29, 0.717) is 17.1 Å². The van der Waals surface area contributed by atoms with E-state index in [4.69, 9.17) is 9.44 Å². The van der Waals surface area contributed by atoms with Gasteiger partial charge in [0.1, 0.15) is 11.8 Å². The Morgan fingerprint density at radius 1 is 1.33 bits per heavy atom. The summed E-state index contributed by atoms with van der Waals surface area (Å²) in [5.74, 6) is 0.560. The van der Waals surface area contributed by atoms with Crippen LogP contribution in [-0.4, -0.2) is 13.2 Å². The molecule has 1 unspecified atom stereocenters. The molecule has 0 fully saturated rings. The summed E-state index contributed by atoms with van der Waals surface area (Å²) in [5, 5.41) is 8.95. The molecule has 6 heteroatoms. The van der Waals surface area contributed by atoms with Gasteiger partial charge in [-0.3, -0.25) is 0 Å². The van der Waals surface area contributed by atoms with Crippen molar-refractivity contribution in [3.63, 3.8) is 0 Å². The average Bonchev–Trinajstić information content (AvgIpc) is 2.66. The lowest BCUT2D eigenvalue weighted by Crippen LogP contribution is -2.14. The number of hydrogen-bond acceptors (Lipinski definition) is 4. The second-order valence-electron chi connectivity index (χ2n) is 3.63. The maximum atomic E-state index is 12.1. The third kappa shape index (κ3) is 2.26. The third-order valence-corrected chi connectivity index (χ3v) is 3.53. The minimum absolute atomic E-state index is 0.0827. The van der Waals surface area contributed by atoms with Crippen LogP contribution in [0.4, 0.5) is 0 Å². The SMILES string of the molecule is Cc1nc(C#N)n(S(=O)Oc2ccccc2)c1C. The van der Waals surface area contributed by atoms with Gasteiger partial charge in [-0.2, -0.15) is 9.47 Å². The molecule has 0 saturated heterocycles. The Labute approximate surface area is 107 Å². The molecule has 0 aliphatic rings. The van der Waals surface area contributed by atoms with Crippen molar-refractivity contribution in [1.29, 1.82) is 5.26 Å². The zero-order valence-electron chi connectivity index (χ0n) is 9.95. The first kappa shape index (κ1) is 12.3. The van der Waals surface area contributed by atoms with Crippen molar-refractivity contribution >= 4 is 11.3 Å². The predicted octanol–water partition coefficient (Wildman–Crippen LogP) is 1.88. The maximum absolute atomic E-state index is 12.1. The van der Waals surface area contributed by atoms with Gasteiger partial charge in [0.15, 0.2) is 0 Å². The summed E-state index contributed by atoms with van der Waals surface area (Å²) >= 11 is -1.80. The Morgan fingerprint density at radius 2 is 2.00 bits per heavy atom. The molecule has 0 amide bonds. The Balaban J connectivity index is 2.33. The quantitative estimate of drug-likeness (QED) is 0.846. The van der Waals surface area contributed by atoms with E-state index in [1.807, 2.05) is 12.1 Å². The molecular weight excluding hydrogens is 250 g/mol. The van der Waals surface area contributed by atoms with Gasteiger partial charge in [-0.15, -0.1) is 0 Å². The summed E-state index contributed by atoms with van der Waals surface area (Å²) in [4.78, 5) is 4.02. The molecule has 2 rings (SSSR count). The van der Waals surface area contributed by atoms with Gasteiger partial charge in [-0.25, -0.2) is 8.96 Å². The van der Waals surface area contributed by atoms with Crippen LogP contribution in [0.3, 0.4) is 0 Å². The molecule has 1 atom stereocenters. The molecule has 5 nitrogen and oxygen atoms in total. The number of rotatable bonds is 3.